The van der Waals surface area contributed by atoms with Crippen molar-refractivity contribution in [2.45, 2.75) is 101 Å². The van der Waals surface area contributed by atoms with Crippen molar-refractivity contribution in [1.82, 2.24) is 76.9 Å². The lowest BCUT2D eigenvalue weighted by Crippen LogP contribution is -2.51. The molecule has 4 aliphatic heterocycles. The van der Waals surface area contributed by atoms with Crippen LogP contribution in [-0.4, -0.2) is 164 Å². The number of hydrogen-bond acceptors (Lipinski definition) is 25. The summed E-state index contributed by atoms with van der Waals surface area (Å²) in [6, 6.07) is 12.5. The smallest absolute Gasteiger partial charge is 0.276 e. The summed E-state index contributed by atoms with van der Waals surface area (Å²) < 4.78 is 6.16. The fraction of sp³-hybridized carbons (Fsp3) is 0.275. The maximum atomic E-state index is 15.0. The molecule has 0 aliphatic carbocycles. The zero-order chi connectivity index (χ0) is 74.5. The number of aliphatic imine (C=N–C) groups is 1. The van der Waals surface area contributed by atoms with E-state index in [0.29, 0.717) is 63.4 Å². The number of primary amides is 2. The summed E-state index contributed by atoms with van der Waals surface area (Å²) in [4.78, 5) is 186. The first-order chi connectivity index (χ1) is 50.3. The summed E-state index contributed by atoms with van der Waals surface area (Å²) in [6.07, 6.45) is 2.07. The molecule has 12 rings (SSSR count). The molecule has 540 valence electrons. The summed E-state index contributed by atoms with van der Waals surface area (Å²) in [5, 5.41) is 36.8. The molecule has 7 atom stereocenters. The number of phenolic OH excluding ortho intramolecular Hbond substituents is 1. The molecule has 4 aliphatic rings. The average Bonchev–Trinajstić information content (AvgIpc) is 1.67. The topological polar surface area (TPSA) is 454 Å². The third-order valence-corrected chi connectivity index (χ3v) is 22.1. The van der Waals surface area contributed by atoms with Crippen LogP contribution in [0.15, 0.2) is 134 Å². The van der Waals surface area contributed by atoms with Crippen molar-refractivity contribution in [2.75, 3.05) is 18.8 Å². The number of oxazole rings is 1. The minimum atomic E-state index is -1.09. The van der Waals surface area contributed by atoms with Crippen molar-refractivity contribution in [3.8, 4) is 39.3 Å². The SMILES string of the molecule is C=C(NC(=O)C(=C)NC(=O)C1CCCN1C(=O)c1nc(-c2ccc(-c3nc(C(=O)NC(=C)C(=O)NC(C)C(N)=O)cs3)c(-c3csc(C4Cc5nc(cs5)C(=O)NC(Cc5ccccc5)C5=NC(CS5)C(=O)NC(Cc5ccc(O)cc5)C(=O)N5CCCC5c5nc(cs5)C(=O)N4)n3)n2)oc1C)C(N)=O. The minimum Gasteiger partial charge on any atom is -0.508 e. The predicted molar refractivity (Wildman–Crippen MR) is 389 cm³/mol. The van der Waals surface area contributed by atoms with Gasteiger partial charge in [-0.3, -0.25) is 57.7 Å². The number of carbonyl (C=O) groups excluding carboxylic acids is 11. The third-order valence-electron chi connectivity index (χ3n) is 17.3. The Morgan fingerprint density at radius 2 is 1.38 bits per heavy atom. The van der Waals surface area contributed by atoms with Crippen molar-refractivity contribution >= 4 is 127 Å². The Kier molecular flexibility index (Phi) is 22.1. The molecule has 36 heteroatoms. The normalized spacial score (nSPS) is 19.3. The Morgan fingerprint density at radius 3 is 2.14 bits per heavy atom. The van der Waals surface area contributed by atoms with Crippen LogP contribution in [0.3, 0.4) is 0 Å². The summed E-state index contributed by atoms with van der Waals surface area (Å²) in [7, 11) is 0. The molecule has 10 heterocycles. The van der Waals surface area contributed by atoms with E-state index in [2.05, 4.69) is 66.9 Å². The van der Waals surface area contributed by atoms with Gasteiger partial charge < -0.3 is 68.0 Å². The van der Waals surface area contributed by atoms with Gasteiger partial charge in [-0.15, -0.1) is 57.1 Å². The number of thioether (sulfide) groups is 1. The molecule has 2 aromatic carbocycles. The van der Waals surface area contributed by atoms with Gasteiger partial charge in [-0.05, 0) is 81.3 Å². The number of rotatable bonds is 19. The molecule has 0 radical (unpaired) electrons. The van der Waals surface area contributed by atoms with Crippen LogP contribution in [0.1, 0.15) is 119 Å². The van der Waals surface area contributed by atoms with Crippen molar-refractivity contribution in [2.24, 2.45) is 16.5 Å². The van der Waals surface area contributed by atoms with Gasteiger partial charge >= 0.3 is 0 Å². The van der Waals surface area contributed by atoms with Crippen LogP contribution in [0.5, 0.6) is 5.75 Å². The second-order valence-electron chi connectivity index (χ2n) is 24.6. The fourth-order valence-corrected chi connectivity index (χ4v) is 16.3. The molecule has 0 spiro atoms. The monoisotopic (exact) mass is 1510 g/mol. The molecular formula is C69H66N18O13S5. The molecular weight excluding hydrogens is 1450 g/mol. The van der Waals surface area contributed by atoms with Crippen LogP contribution in [0.2, 0.25) is 0 Å². The highest BCUT2D eigenvalue weighted by atomic mass is 32.2. The summed E-state index contributed by atoms with van der Waals surface area (Å²) in [5.74, 6) is -7.79. The maximum Gasteiger partial charge on any atom is 0.276 e. The zero-order valence-corrected chi connectivity index (χ0v) is 60.0. The van der Waals surface area contributed by atoms with E-state index < -0.39 is 118 Å². The van der Waals surface area contributed by atoms with E-state index in [1.807, 2.05) is 30.3 Å². The number of benzene rings is 2. The number of likely N-dealkylation sites (tertiary alicyclic amines) is 1. The van der Waals surface area contributed by atoms with Crippen molar-refractivity contribution < 1.29 is 62.3 Å². The lowest BCUT2D eigenvalue weighted by atomic mass is 10.0. The van der Waals surface area contributed by atoms with E-state index in [1.165, 1.54) is 76.8 Å². The van der Waals surface area contributed by atoms with E-state index in [9.17, 15) is 57.8 Å². The quantitative estimate of drug-likeness (QED) is 0.0499. The molecule has 0 saturated carbocycles. The number of aromatic nitrogens is 6. The van der Waals surface area contributed by atoms with E-state index >= 15 is 0 Å². The minimum absolute atomic E-state index is 0.0209. The molecule has 12 N–H and O–H groups in total. The fourth-order valence-electron chi connectivity index (χ4n) is 11.8. The lowest BCUT2D eigenvalue weighted by Gasteiger charge is -2.29. The number of phenols is 1. The number of aromatic hydroxyl groups is 1. The van der Waals surface area contributed by atoms with E-state index in [-0.39, 0.29) is 99.7 Å². The van der Waals surface area contributed by atoms with Gasteiger partial charge in [0.15, 0.2) is 5.69 Å². The van der Waals surface area contributed by atoms with Gasteiger partial charge in [0.05, 0.1) is 45.3 Å². The first kappa shape index (κ1) is 73.3. The maximum absolute atomic E-state index is 15.0. The molecule has 31 nitrogen and oxygen atoms in total. The molecule has 6 aromatic heterocycles. The van der Waals surface area contributed by atoms with Crippen LogP contribution in [0.25, 0.3) is 33.5 Å². The van der Waals surface area contributed by atoms with Gasteiger partial charge in [-0.25, -0.2) is 29.9 Å². The van der Waals surface area contributed by atoms with E-state index in [4.69, 9.17) is 40.8 Å². The summed E-state index contributed by atoms with van der Waals surface area (Å²) >= 11 is 5.84. The van der Waals surface area contributed by atoms with Crippen molar-refractivity contribution in [1.29, 1.82) is 0 Å². The number of nitrogens with zero attached hydrogens (tertiary/aromatic N) is 9. The van der Waals surface area contributed by atoms with E-state index in [1.54, 1.807) is 39.2 Å². The van der Waals surface area contributed by atoms with Gasteiger partial charge in [0.2, 0.25) is 29.5 Å². The van der Waals surface area contributed by atoms with Crippen LogP contribution >= 0.6 is 57.1 Å². The van der Waals surface area contributed by atoms with Crippen LogP contribution in [0.4, 0.5) is 0 Å². The second-order valence-corrected chi connectivity index (χ2v) is 29.3. The first-order valence-electron chi connectivity index (χ1n) is 32.6. The summed E-state index contributed by atoms with van der Waals surface area (Å²) in [6.45, 7) is 13.9. The van der Waals surface area contributed by atoms with Gasteiger partial charge in [0.1, 0.15) is 84.9 Å². The molecule has 105 heavy (non-hydrogen) atoms. The van der Waals surface area contributed by atoms with Gasteiger partial charge in [-0.2, -0.15) is 0 Å². The number of amides is 11. The number of fused-ring (bicyclic) bond motifs is 7. The first-order valence-corrected chi connectivity index (χ1v) is 37.1. The Hall–Kier alpha value is -11.5. The number of nitrogens with two attached hydrogens (primary N) is 2. The summed E-state index contributed by atoms with van der Waals surface area (Å²) in [5.41, 5.74) is 11.3. The van der Waals surface area contributed by atoms with Crippen LogP contribution in [0, 0.1) is 6.92 Å². The highest BCUT2D eigenvalue weighted by molar-refractivity contribution is 8.14. The lowest BCUT2D eigenvalue weighted by molar-refractivity contribution is -0.137. The van der Waals surface area contributed by atoms with Crippen molar-refractivity contribution in [3.63, 3.8) is 0 Å². The average molecular weight is 1520 g/mol. The number of carbonyl (C=O) groups is 11. The molecule has 8 aromatic rings. The molecule has 11 amide bonds. The number of pyridine rings is 1. The predicted octanol–water partition coefficient (Wildman–Crippen LogP) is 4.47. The highest BCUT2D eigenvalue weighted by Gasteiger charge is 2.41. The molecule has 6 bridgehead atoms. The number of hydrogen-bond donors (Lipinski definition) is 10. The van der Waals surface area contributed by atoms with Gasteiger partial charge in [-0.1, -0.05) is 62.2 Å². The highest BCUT2D eigenvalue weighted by Crippen LogP contribution is 2.39. The molecule has 2 saturated heterocycles. The Balaban J connectivity index is 0.890. The largest absolute Gasteiger partial charge is 0.508 e. The van der Waals surface area contributed by atoms with E-state index in [0.717, 1.165) is 28.2 Å². The van der Waals surface area contributed by atoms with Crippen LogP contribution < -0.4 is 48.7 Å². The Bertz CT molecular complexity index is 4890. The number of aryl methyl sites for hydroxylation is 1. The molecule has 2 fully saturated rings. The second kappa shape index (κ2) is 31.6. The van der Waals surface area contributed by atoms with Crippen molar-refractivity contribution in [3.05, 3.63) is 180 Å². The standard InChI is InChI=1S/C69H66N18O13S5/c1-31(54(70)89)72-56(91)33(3)74-58(93)46-28-102-64(82-46)39-19-20-40(63-85-52(35(5)100-63)69(99)86-21-9-13-49(86)62(97)75-34(4)57(92)73-32(2)55(71)90)77-53(39)44-26-103-66(81-44)42-25-51-76-45(27-101-51)59(94)78-41(23-36-11-7-6-8-12-36)65-83-47(29-104-65)61(96)80-43(24-37-15-17-38(88)18-16-37)68(98)87-22-10-14-50(87)67-84-48(30-105-67)60(95)79-42/h6-8,11-12,15-20,26-28,30-31,41-43,47,49-50,88H,2-4,9-10,13-14,21-25,29H2,1,5H3,(H2,70,89)(H2,71,90)(H,72,91)(H,73,92)(H,74,93)(H,75,97)(H,78,94)(H,79,95)(H,80,96). The zero-order valence-electron chi connectivity index (χ0n) is 56.0. The van der Waals surface area contributed by atoms with Gasteiger partial charge in [0.25, 0.3) is 41.4 Å². The number of thiazole rings is 4. The van der Waals surface area contributed by atoms with Crippen LogP contribution in [-0.2, 0) is 52.8 Å². The third kappa shape index (κ3) is 16.8. The van der Waals surface area contributed by atoms with Gasteiger partial charge in [0, 0.05) is 58.8 Å². The Labute approximate surface area is 618 Å². The molecule has 7 unspecified atom stereocenters. The Morgan fingerprint density at radius 1 is 0.695 bits per heavy atom. The number of nitrogens with one attached hydrogen (secondary N) is 7.